The zero-order valence-corrected chi connectivity index (χ0v) is 14.9. The molecule has 0 aliphatic carbocycles. The van der Waals surface area contributed by atoms with Gasteiger partial charge in [0.15, 0.2) is 0 Å². The SMILES string of the molecule is CCC(=O)Nc1ccc(Cl)c(NC(=O)c2ccc(OC)cc2OC)c1. The first kappa shape index (κ1) is 18.6. The second kappa shape index (κ2) is 8.39. The van der Waals surface area contributed by atoms with Crippen molar-refractivity contribution in [2.24, 2.45) is 0 Å². The number of carbonyl (C=O) groups is 2. The summed E-state index contributed by atoms with van der Waals surface area (Å²) >= 11 is 6.14. The normalized spacial score (nSPS) is 10.1. The Morgan fingerprint density at radius 2 is 1.80 bits per heavy atom. The molecular formula is C18H19ClN2O4. The lowest BCUT2D eigenvalue weighted by atomic mass is 10.1. The molecule has 2 aromatic rings. The highest BCUT2D eigenvalue weighted by atomic mass is 35.5. The first-order valence-electron chi connectivity index (χ1n) is 7.61. The molecule has 0 aromatic heterocycles. The molecule has 0 heterocycles. The zero-order valence-electron chi connectivity index (χ0n) is 14.2. The van der Waals surface area contributed by atoms with Crippen LogP contribution in [0.4, 0.5) is 11.4 Å². The van der Waals surface area contributed by atoms with E-state index in [1.54, 1.807) is 43.3 Å². The molecule has 2 amide bonds. The minimum Gasteiger partial charge on any atom is -0.497 e. The highest BCUT2D eigenvalue weighted by Gasteiger charge is 2.15. The fourth-order valence-electron chi connectivity index (χ4n) is 2.12. The first-order valence-corrected chi connectivity index (χ1v) is 7.99. The Balaban J connectivity index is 2.25. The van der Waals surface area contributed by atoms with Crippen LogP contribution in [-0.4, -0.2) is 26.0 Å². The van der Waals surface area contributed by atoms with Crippen molar-refractivity contribution < 1.29 is 19.1 Å². The molecule has 2 rings (SSSR count). The van der Waals surface area contributed by atoms with Crippen LogP contribution in [0.2, 0.25) is 5.02 Å². The average molecular weight is 363 g/mol. The smallest absolute Gasteiger partial charge is 0.259 e. The molecule has 0 fully saturated rings. The molecule has 25 heavy (non-hydrogen) atoms. The Morgan fingerprint density at radius 1 is 1.04 bits per heavy atom. The summed E-state index contributed by atoms with van der Waals surface area (Å²) in [4.78, 5) is 24.1. The monoisotopic (exact) mass is 362 g/mol. The van der Waals surface area contributed by atoms with Gasteiger partial charge in [-0.15, -0.1) is 0 Å². The third kappa shape index (κ3) is 4.64. The van der Waals surface area contributed by atoms with Crippen LogP contribution in [0.5, 0.6) is 11.5 Å². The van der Waals surface area contributed by atoms with Crippen LogP contribution in [0.1, 0.15) is 23.7 Å². The van der Waals surface area contributed by atoms with Gasteiger partial charge in [0.25, 0.3) is 5.91 Å². The van der Waals surface area contributed by atoms with Crippen molar-refractivity contribution in [3.8, 4) is 11.5 Å². The predicted molar refractivity (Wildman–Crippen MR) is 97.9 cm³/mol. The van der Waals surface area contributed by atoms with Crippen LogP contribution in [0.15, 0.2) is 36.4 Å². The molecule has 0 atom stereocenters. The van der Waals surface area contributed by atoms with Crippen molar-refractivity contribution in [3.05, 3.63) is 47.0 Å². The molecule has 0 unspecified atom stereocenters. The van der Waals surface area contributed by atoms with Gasteiger partial charge < -0.3 is 20.1 Å². The lowest BCUT2D eigenvalue weighted by Crippen LogP contribution is -2.14. The summed E-state index contributed by atoms with van der Waals surface area (Å²) in [5.41, 5.74) is 1.27. The van der Waals surface area contributed by atoms with Crippen LogP contribution in [0.3, 0.4) is 0 Å². The van der Waals surface area contributed by atoms with Gasteiger partial charge in [-0.1, -0.05) is 18.5 Å². The molecule has 7 heteroatoms. The van der Waals surface area contributed by atoms with E-state index in [4.69, 9.17) is 21.1 Å². The Morgan fingerprint density at radius 3 is 2.44 bits per heavy atom. The molecule has 132 valence electrons. The molecule has 2 N–H and O–H groups in total. The number of methoxy groups -OCH3 is 2. The molecule has 6 nitrogen and oxygen atoms in total. The van der Waals surface area contributed by atoms with Crippen molar-refractivity contribution >= 4 is 34.8 Å². The summed E-state index contributed by atoms with van der Waals surface area (Å²) in [5.74, 6) is 0.441. The Bertz CT molecular complexity index is 793. The largest absolute Gasteiger partial charge is 0.497 e. The van der Waals surface area contributed by atoms with Crippen molar-refractivity contribution in [2.75, 3.05) is 24.9 Å². The number of benzene rings is 2. The number of halogens is 1. The van der Waals surface area contributed by atoms with Gasteiger partial charge in [0, 0.05) is 18.2 Å². The van der Waals surface area contributed by atoms with E-state index in [2.05, 4.69) is 10.6 Å². The topological polar surface area (TPSA) is 76.7 Å². The molecule has 0 saturated carbocycles. The zero-order chi connectivity index (χ0) is 18.4. The van der Waals surface area contributed by atoms with Gasteiger partial charge in [-0.2, -0.15) is 0 Å². The van der Waals surface area contributed by atoms with Gasteiger partial charge in [0.1, 0.15) is 11.5 Å². The standard InChI is InChI=1S/C18H19ClN2O4/c1-4-17(22)20-11-5-8-14(19)15(9-11)21-18(23)13-7-6-12(24-2)10-16(13)25-3/h5-10H,4H2,1-3H3,(H,20,22)(H,21,23). The molecule has 0 radical (unpaired) electrons. The maximum absolute atomic E-state index is 12.6. The molecule has 0 spiro atoms. The van der Waals surface area contributed by atoms with E-state index in [0.717, 1.165) is 0 Å². The number of hydrogen-bond donors (Lipinski definition) is 2. The number of nitrogens with one attached hydrogen (secondary N) is 2. The van der Waals surface area contributed by atoms with E-state index in [0.29, 0.717) is 39.9 Å². The van der Waals surface area contributed by atoms with Crippen LogP contribution in [0, 0.1) is 0 Å². The van der Waals surface area contributed by atoms with Gasteiger partial charge >= 0.3 is 0 Å². The number of rotatable bonds is 6. The van der Waals surface area contributed by atoms with E-state index in [1.807, 2.05) is 0 Å². The second-order valence-corrected chi connectivity index (χ2v) is 5.52. The number of amides is 2. The van der Waals surface area contributed by atoms with Crippen molar-refractivity contribution in [3.63, 3.8) is 0 Å². The van der Waals surface area contributed by atoms with E-state index < -0.39 is 0 Å². The molecule has 0 saturated heterocycles. The lowest BCUT2D eigenvalue weighted by molar-refractivity contribution is -0.115. The summed E-state index contributed by atoms with van der Waals surface area (Å²) in [5, 5.41) is 5.80. The Hall–Kier alpha value is -2.73. The molecule has 2 aromatic carbocycles. The van der Waals surface area contributed by atoms with Gasteiger partial charge in [-0.05, 0) is 30.3 Å². The number of carbonyl (C=O) groups excluding carboxylic acids is 2. The minimum absolute atomic E-state index is 0.128. The predicted octanol–water partition coefficient (Wildman–Crippen LogP) is 3.96. The number of hydrogen-bond acceptors (Lipinski definition) is 4. The third-order valence-electron chi connectivity index (χ3n) is 3.47. The van der Waals surface area contributed by atoms with Crippen LogP contribution >= 0.6 is 11.6 Å². The highest BCUT2D eigenvalue weighted by molar-refractivity contribution is 6.34. The molecule has 0 aliphatic heterocycles. The maximum atomic E-state index is 12.6. The van der Waals surface area contributed by atoms with Gasteiger partial charge in [-0.25, -0.2) is 0 Å². The molecular weight excluding hydrogens is 344 g/mol. The van der Waals surface area contributed by atoms with Crippen LogP contribution in [-0.2, 0) is 4.79 Å². The first-order chi connectivity index (χ1) is 12.0. The van der Waals surface area contributed by atoms with E-state index >= 15 is 0 Å². The number of anilines is 2. The Labute approximate surface area is 151 Å². The summed E-state index contributed by atoms with van der Waals surface area (Å²) in [7, 11) is 3.00. The number of ether oxygens (including phenoxy) is 2. The fourth-order valence-corrected chi connectivity index (χ4v) is 2.29. The Kier molecular flexibility index (Phi) is 6.25. The summed E-state index contributed by atoms with van der Waals surface area (Å²) in [6, 6.07) is 9.76. The van der Waals surface area contributed by atoms with Gasteiger partial charge in [-0.3, -0.25) is 9.59 Å². The van der Waals surface area contributed by atoms with Gasteiger partial charge in [0.2, 0.25) is 5.91 Å². The van der Waals surface area contributed by atoms with Crippen molar-refractivity contribution in [1.82, 2.24) is 0 Å². The highest BCUT2D eigenvalue weighted by Crippen LogP contribution is 2.29. The lowest BCUT2D eigenvalue weighted by Gasteiger charge is -2.13. The average Bonchev–Trinajstić information content (AvgIpc) is 2.63. The fraction of sp³-hybridized carbons (Fsp3) is 0.222. The minimum atomic E-state index is -0.389. The second-order valence-electron chi connectivity index (χ2n) is 5.12. The van der Waals surface area contributed by atoms with Crippen LogP contribution < -0.4 is 20.1 Å². The van der Waals surface area contributed by atoms with Crippen molar-refractivity contribution in [2.45, 2.75) is 13.3 Å². The third-order valence-corrected chi connectivity index (χ3v) is 3.80. The van der Waals surface area contributed by atoms with E-state index in [1.165, 1.54) is 14.2 Å². The van der Waals surface area contributed by atoms with Crippen LogP contribution in [0.25, 0.3) is 0 Å². The molecule has 0 bridgehead atoms. The van der Waals surface area contributed by atoms with E-state index in [-0.39, 0.29) is 11.8 Å². The quantitative estimate of drug-likeness (QED) is 0.815. The summed E-state index contributed by atoms with van der Waals surface area (Å²) in [6.45, 7) is 1.75. The van der Waals surface area contributed by atoms with E-state index in [9.17, 15) is 9.59 Å². The maximum Gasteiger partial charge on any atom is 0.259 e. The summed E-state index contributed by atoms with van der Waals surface area (Å²) < 4.78 is 10.4. The molecule has 0 aliphatic rings. The summed E-state index contributed by atoms with van der Waals surface area (Å²) in [6.07, 6.45) is 0.355. The van der Waals surface area contributed by atoms with Crippen molar-refractivity contribution in [1.29, 1.82) is 0 Å². The van der Waals surface area contributed by atoms with Gasteiger partial charge in [0.05, 0.1) is 30.5 Å².